The van der Waals surface area contributed by atoms with Gasteiger partial charge in [0.15, 0.2) is 10.1 Å². The Morgan fingerprint density at radius 2 is 2.09 bits per heavy atom. The van der Waals surface area contributed by atoms with Crippen LogP contribution in [0.2, 0.25) is 5.02 Å². The fraction of sp³-hybridized carbons (Fsp3) is 0.0870. The topological polar surface area (TPSA) is 124 Å². The van der Waals surface area contributed by atoms with E-state index in [2.05, 4.69) is 20.3 Å². The lowest BCUT2D eigenvalue weighted by Gasteiger charge is -2.10. The molecule has 0 saturated carbocycles. The highest BCUT2D eigenvalue weighted by molar-refractivity contribution is 7.15. The van der Waals surface area contributed by atoms with Gasteiger partial charge in [-0.3, -0.25) is 14.0 Å². The van der Waals surface area contributed by atoms with Crippen molar-refractivity contribution in [1.82, 2.24) is 19.4 Å². The zero-order chi connectivity index (χ0) is 24.5. The number of benzene rings is 1. The van der Waals surface area contributed by atoms with Gasteiger partial charge in [-0.05, 0) is 36.8 Å². The van der Waals surface area contributed by atoms with E-state index in [1.165, 1.54) is 23.6 Å². The summed E-state index contributed by atoms with van der Waals surface area (Å²) >= 11 is 9.25. The minimum Gasteiger partial charge on any atom is -0.437 e. The van der Waals surface area contributed by atoms with Gasteiger partial charge in [0.05, 0.1) is 22.8 Å². The average Bonchev–Trinajstić information content (AvgIpc) is 3.52. The van der Waals surface area contributed by atoms with Crippen LogP contribution in [0.5, 0.6) is 11.6 Å². The number of thiazole rings is 2. The first-order chi connectivity index (χ1) is 16.9. The number of aromatic nitrogens is 4. The van der Waals surface area contributed by atoms with Crippen LogP contribution in [0, 0.1) is 6.92 Å². The summed E-state index contributed by atoms with van der Waals surface area (Å²) in [6, 6.07) is 8.05. The first-order valence-electron chi connectivity index (χ1n) is 10.3. The summed E-state index contributed by atoms with van der Waals surface area (Å²) in [4.78, 5) is 38.2. The minimum atomic E-state index is -0.661. The van der Waals surface area contributed by atoms with Crippen LogP contribution in [0.15, 0.2) is 53.5 Å². The smallest absolute Gasteiger partial charge is 0.254 e. The van der Waals surface area contributed by atoms with Crippen molar-refractivity contribution in [2.45, 2.75) is 13.3 Å². The molecule has 0 aliphatic heterocycles. The molecule has 0 saturated heterocycles. The largest absolute Gasteiger partial charge is 0.437 e. The van der Waals surface area contributed by atoms with Gasteiger partial charge in [-0.1, -0.05) is 17.7 Å². The Kier molecular flexibility index (Phi) is 6.20. The van der Waals surface area contributed by atoms with E-state index >= 15 is 0 Å². The van der Waals surface area contributed by atoms with Gasteiger partial charge in [0.2, 0.25) is 11.8 Å². The Morgan fingerprint density at radius 3 is 2.89 bits per heavy atom. The maximum Gasteiger partial charge on any atom is 0.254 e. The molecule has 0 aliphatic carbocycles. The number of ether oxygens (including phenoxy) is 1. The molecular formula is C23H17ClN6O3S2. The van der Waals surface area contributed by atoms with E-state index in [9.17, 15) is 9.59 Å². The molecular weight excluding hydrogens is 508 g/mol. The highest BCUT2D eigenvalue weighted by Gasteiger charge is 2.17. The Balaban J connectivity index is 1.26. The van der Waals surface area contributed by atoms with Crippen LogP contribution in [0.3, 0.4) is 0 Å². The van der Waals surface area contributed by atoms with Gasteiger partial charge in [-0.15, -0.1) is 22.7 Å². The van der Waals surface area contributed by atoms with Gasteiger partial charge in [-0.25, -0.2) is 15.0 Å². The number of nitrogens with two attached hydrogens (primary N) is 1. The number of primary amides is 1. The van der Waals surface area contributed by atoms with Crippen LogP contribution in [-0.2, 0) is 11.2 Å². The van der Waals surface area contributed by atoms with Gasteiger partial charge in [-0.2, -0.15) is 0 Å². The third-order valence-electron chi connectivity index (χ3n) is 5.03. The summed E-state index contributed by atoms with van der Waals surface area (Å²) in [7, 11) is 0. The van der Waals surface area contributed by atoms with E-state index in [-0.39, 0.29) is 34.5 Å². The summed E-state index contributed by atoms with van der Waals surface area (Å²) in [5.41, 5.74) is 8.72. The molecule has 12 heteroatoms. The third-order valence-corrected chi connectivity index (χ3v) is 6.84. The number of hydrogen-bond acceptors (Lipinski definition) is 8. The highest BCUT2D eigenvalue weighted by Crippen LogP contribution is 2.32. The summed E-state index contributed by atoms with van der Waals surface area (Å²) < 4.78 is 7.66. The van der Waals surface area contributed by atoms with Crippen LogP contribution in [0.1, 0.15) is 21.6 Å². The van der Waals surface area contributed by atoms with Crippen LogP contribution >= 0.6 is 34.3 Å². The van der Waals surface area contributed by atoms with Gasteiger partial charge in [0.1, 0.15) is 17.0 Å². The van der Waals surface area contributed by atoms with Crippen molar-refractivity contribution in [3.05, 3.63) is 75.3 Å². The van der Waals surface area contributed by atoms with Crippen LogP contribution < -0.4 is 15.8 Å². The molecule has 0 atom stereocenters. The molecule has 0 aliphatic rings. The molecule has 4 heterocycles. The van der Waals surface area contributed by atoms with Crippen molar-refractivity contribution in [2.24, 2.45) is 5.73 Å². The average molecular weight is 525 g/mol. The van der Waals surface area contributed by atoms with Crippen LogP contribution in [-0.4, -0.2) is 31.2 Å². The molecule has 5 rings (SSSR count). The van der Waals surface area contributed by atoms with Gasteiger partial charge in [0.25, 0.3) is 5.91 Å². The maximum absolute atomic E-state index is 12.6. The van der Waals surface area contributed by atoms with Crippen molar-refractivity contribution >= 4 is 56.2 Å². The van der Waals surface area contributed by atoms with E-state index in [1.54, 1.807) is 35.6 Å². The van der Waals surface area contributed by atoms with Crippen molar-refractivity contribution < 1.29 is 14.3 Å². The number of hydrogen-bond donors (Lipinski definition) is 2. The van der Waals surface area contributed by atoms with Crippen molar-refractivity contribution in [3.8, 4) is 23.0 Å². The fourth-order valence-electron chi connectivity index (χ4n) is 3.49. The van der Waals surface area contributed by atoms with Crippen molar-refractivity contribution in [2.75, 3.05) is 5.32 Å². The first-order valence-corrected chi connectivity index (χ1v) is 12.4. The van der Waals surface area contributed by atoms with Gasteiger partial charge in [0, 0.05) is 23.2 Å². The lowest BCUT2D eigenvalue weighted by atomic mass is 10.1. The minimum absolute atomic E-state index is 0.0557. The van der Waals surface area contributed by atoms with Crippen molar-refractivity contribution in [3.63, 3.8) is 0 Å². The zero-order valence-electron chi connectivity index (χ0n) is 18.2. The normalized spacial score (nSPS) is 11.0. The van der Waals surface area contributed by atoms with Gasteiger partial charge >= 0.3 is 0 Å². The number of halogens is 1. The number of fused-ring (bicyclic) bond motifs is 1. The number of anilines is 1. The molecule has 0 radical (unpaired) electrons. The molecule has 1 aromatic carbocycles. The molecule has 0 fully saturated rings. The van der Waals surface area contributed by atoms with Gasteiger partial charge < -0.3 is 15.8 Å². The predicted molar refractivity (Wildman–Crippen MR) is 136 cm³/mol. The molecule has 0 unspecified atom stereocenters. The molecule has 0 spiro atoms. The monoisotopic (exact) mass is 524 g/mol. The summed E-state index contributed by atoms with van der Waals surface area (Å²) in [5.74, 6) is -0.550. The van der Waals surface area contributed by atoms with E-state index in [0.29, 0.717) is 10.7 Å². The third kappa shape index (κ3) is 4.74. The number of nitrogens with zero attached hydrogens (tertiary/aromatic N) is 4. The molecule has 176 valence electrons. The fourth-order valence-corrected chi connectivity index (χ4v) is 5.21. The number of nitrogens with one attached hydrogen (secondary N) is 1. The zero-order valence-corrected chi connectivity index (χ0v) is 20.6. The number of aryl methyl sites for hydroxylation is 1. The molecule has 4 aromatic heterocycles. The molecule has 5 aromatic rings. The lowest BCUT2D eigenvalue weighted by Crippen LogP contribution is -2.14. The second-order valence-corrected chi connectivity index (χ2v) is 9.59. The highest BCUT2D eigenvalue weighted by atomic mass is 35.5. The molecule has 2 amide bonds. The van der Waals surface area contributed by atoms with E-state index in [0.717, 1.165) is 22.0 Å². The quantitative estimate of drug-likeness (QED) is 0.310. The Hall–Kier alpha value is -3.80. The Bertz CT molecular complexity index is 1570. The van der Waals surface area contributed by atoms with Crippen LogP contribution in [0.25, 0.3) is 16.3 Å². The number of rotatable bonds is 7. The van der Waals surface area contributed by atoms with E-state index in [1.807, 2.05) is 28.3 Å². The summed E-state index contributed by atoms with van der Waals surface area (Å²) in [6.07, 6.45) is 3.52. The SMILES string of the molecule is Cc1nc2sccn2c1-c1csc(NC(=O)Cc2ccc(Oc3ncccc3C(N)=O)c(Cl)c2)n1. The molecule has 35 heavy (non-hydrogen) atoms. The summed E-state index contributed by atoms with van der Waals surface area (Å²) in [5, 5.41) is 7.46. The standard InChI is InChI=1S/C23H17ClN6O3S2/c1-12-19(30-7-8-34-23(30)27-12)16-11-35-22(28-16)29-18(31)10-13-4-5-17(15(24)9-13)33-21-14(20(25)32)3-2-6-26-21/h2-9,11H,10H2,1H3,(H2,25,32)(H,28,29,31). The molecule has 0 bridgehead atoms. The molecule has 3 N–H and O–H groups in total. The Morgan fingerprint density at radius 1 is 1.23 bits per heavy atom. The molecule has 9 nitrogen and oxygen atoms in total. The number of amides is 2. The first kappa shape index (κ1) is 23.0. The summed E-state index contributed by atoms with van der Waals surface area (Å²) in [6.45, 7) is 1.94. The number of carbonyl (C=O) groups excluding carboxylic acids is 2. The lowest BCUT2D eigenvalue weighted by molar-refractivity contribution is -0.115. The number of pyridine rings is 1. The maximum atomic E-state index is 12.6. The predicted octanol–water partition coefficient (Wildman–Crippen LogP) is 4.95. The van der Waals surface area contributed by atoms with E-state index in [4.69, 9.17) is 22.1 Å². The second-order valence-electron chi connectivity index (χ2n) is 7.45. The Labute approximate surface area is 212 Å². The van der Waals surface area contributed by atoms with E-state index < -0.39 is 5.91 Å². The number of carbonyl (C=O) groups is 2. The van der Waals surface area contributed by atoms with Crippen LogP contribution in [0.4, 0.5) is 5.13 Å². The van der Waals surface area contributed by atoms with Crippen molar-refractivity contribution in [1.29, 1.82) is 0 Å². The second kappa shape index (κ2) is 9.45. The number of imidazole rings is 1.